The molecule has 7 heteroatoms. The minimum atomic E-state index is -0.581. The van der Waals surface area contributed by atoms with Crippen LogP contribution in [0.4, 0.5) is 0 Å². The first-order chi connectivity index (χ1) is 15.0. The summed E-state index contributed by atoms with van der Waals surface area (Å²) in [6.07, 6.45) is 5.13. The first kappa shape index (κ1) is 20.6. The van der Waals surface area contributed by atoms with E-state index in [9.17, 15) is 14.9 Å². The highest BCUT2D eigenvalue weighted by Gasteiger charge is 2.21. The van der Waals surface area contributed by atoms with Gasteiger partial charge < -0.3 is 15.1 Å². The van der Waals surface area contributed by atoms with E-state index in [0.717, 1.165) is 28.8 Å². The molecule has 1 aliphatic rings. The number of allylic oxidation sites excluding steroid dienone is 1. The molecule has 4 rings (SSSR count). The molecular weight excluding hydrogens is 392 g/mol. The molecule has 1 aliphatic heterocycles. The van der Waals surface area contributed by atoms with Gasteiger partial charge in [-0.1, -0.05) is 42.5 Å². The Morgan fingerprint density at radius 3 is 2.81 bits per heavy atom. The Morgan fingerprint density at radius 1 is 1.26 bits per heavy atom. The summed E-state index contributed by atoms with van der Waals surface area (Å²) in [7, 11) is 1.68. The van der Waals surface area contributed by atoms with E-state index >= 15 is 0 Å². The van der Waals surface area contributed by atoms with E-state index < -0.39 is 6.04 Å². The van der Waals surface area contributed by atoms with Gasteiger partial charge in [0.25, 0.3) is 0 Å². The summed E-state index contributed by atoms with van der Waals surface area (Å²) in [6, 6.07) is 15.1. The lowest BCUT2D eigenvalue weighted by atomic mass is 9.99. The van der Waals surface area contributed by atoms with Crippen molar-refractivity contribution in [1.29, 1.82) is 5.26 Å². The molecule has 7 nitrogen and oxygen atoms in total. The fraction of sp³-hybridized carbons (Fsp3) is 0.292. The molecule has 0 aliphatic carbocycles. The van der Waals surface area contributed by atoms with Crippen molar-refractivity contribution in [3.63, 3.8) is 0 Å². The zero-order valence-corrected chi connectivity index (χ0v) is 17.3. The average Bonchev–Trinajstić information content (AvgIpc) is 2.96. The first-order valence-corrected chi connectivity index (χ1v) is 10.3. The molecule has 2 atom stereocenters. The fourth-order valence-electron chi connectivity index (χ4n) is 3.76. The van der Waals surface area contributed by atoms with Gasteiger partial charge in [0, 0.05) is 26.6 Å². The first-order valence-electron chi connectivity index (χ1n) is 10.3. The molecule has 0 spiro atoms. The quantitative estimate of drug-likeness (QED) is 0.623. The van der Waals surface area contributed by atoms with E-state index in [0.29, 0.717) is 25.0 Å². The molecule has 2 unspecified atom stereocenters. The smallest absolute Gasteiger partial charge is 0.408 e. The molecule has 2 N–H and O–H groups in total. The van der Waals surface area contributed by atoms with Gasteiger partial charge in [0.2, 0.25) is 5.91 Å². The van der Waals surface area contributed by atoms with Gasteiger partial charge in [0.05, 0.1) is 17.5 Å². The van der Waals surface area contributed by atoms with Crippen LogP contribution in [-0.4, -0.2) is 29.6 Å². The third kappa shape index (κ3) is 4.60. The Bertz CT molecular complexity index is 1210. The lowest BCUT2D eigenvalue weighted by molar-refractivity contribution is -0.125. The predicted molar refractivity (Wildman–Crippen MR) is 118 cm³/mol. The van der Waals surface area contributed by atoms with Gasteiger partial charge in [0.15, 0.2) is 5.58 Å². The number of nitriles is 1. The van der Waals surface area contributed by atoms with E-state index in [1.807, 2.05) is 48.6 Å². The van der Waals surface area contributed by atoms with Gasteiger partial charge in [-0.05, 0) is 35.2 Å². The fourth-order valence-corrected chi connectivity index (χ4v) is 3.76. The third-order valence-electron chi connectivity index (χ3n) is 5.60. The number of benzene rings is 2. The number of fused-ring (bicyclic) bond motifs is 1. The zero-order valence-electron chi connectivity index (χ0n) is 17.3. The summed E-state index contributed by atoms with van der Waals surface area (Å²) < 4.78 is 6.66. The minimum absolute atomic E-state index is 0.0961. The Kier molecular flexibility index (Phi) is 6.01. The zero-order chi connectivity index (χ0) is 21.8. The van der Waals surface area contributed by atoms with Gasteiger partial charge in [-0.25, -0.2) is 4.79 Å². The highest BCUT2D eigenvalue weighted by Crippen LogP contribution is 2.24. The van der Waals surface area contributed by atoms with Crippen LogP contribution in [0.2, 0.25) is 0 Å². The lowest BCUT2D eigenvalue weighted by Crippen LogP contribution is -2.42. The summed E-state index contributed by atoms with van der Waals surface area (Å²) in [5.41, 5.74) is 4.22. The number of nitrogens with one attached hydrogen (secondary N) is 2. The number of hydrogen-bond acceptors (Lipinski definition) is 5. The predicted octanol–water partition coefficient (Wildman–Crippen LogP) is 2.52. The highest BCUT2D eigenvalue weighted by atomic mass is 16.4. The van der Waals surface area contributed by atoms with Crippen LogP contribution in [0.5, 0.6) is 0 Å². The van der Waals surface area contributed by atoms with Crippen molar-refractivity contribution in [2.75, 3.05) is 13.1 Å². The molecule has 158 valence electrons. The van der Waals surface area contributed by atoms with Crippen molar-refractivity contribution in [2.24, 2.45) is 13.0 Å². The molecule has 0 saturated carbocycles. The number of hydrogen-bond donors (Lipinski definition) is 2. The van der Waals surface area contributed by atoms with Crippen LogP contribution in [-0.2, 0) is 18.3 Å². The van der Waals surface area contributed by atoms with Crippen LogP contribution in [0.3, 0.4) is 0 Å². The number of carbonyl (C=O) groups is 1. The molecule has 1 amide bonds. The summed E-state index contributed by atoms with van der Waals surface area (Å²) in [4.78, 5) is 24.2. The maximum Gasteiger partial charge on any atom is 0.419 e. The average molecular weight is 416 g/mol. The maximum absolute atomic E-state index is 12.5. The molecule has 0 fully saturated rings. The summed E-state index contributed by atoms with van der Waals surface area (Å²) in [5, 5.41) is 15.6. The van der Waals surface area contributed by atoms with Crippen LogP contribution < -0.4 is 16.4 Å². The van der Waals surface area contributed by atoms with Crippen LogP contribution >= 0.6 is 0 Å². The largest absolute Gasteiger partial charge is 0.419 e. The van der Waals surface area contributed by atoms with Crippen molar-refractivity contribution in [3.8, 4) is 17.2 Å². The number of aryl methyl sites for hydroxylation is 1. The molecule has 2 aromatic carbocycles. The summed E-state index contributed by atoms with van der Waals surface area (Å²) in [6.45, 7) is 1.37. The third-order valence-corrected chi connectivity index (χ3v) is 5.60. The van der Waals surface area contributed by atoms with Crippen LogP contribution in [0.15, 0.2) is 63.8 Å². The van der Waals surface area contributed by atoms with E-state index in [1.54, 1.807) is 13.1 Å². The van der Waals surface area contributed by atoms with Gasteiger partial charge in [-0.15, -0.1) is 0 Å². The molecule has 1 aromatic heterocycles. The van der Waals surface area contributed by atoms with Crippen molar-refractivity contribution in [2.45, 2.75) is 18.9 Å². The molecular formula is C24H24N4O3. The standard InChI is InChI=1S/C24H24N4O3/c1-28-21-13-18(9-10-22(21)31-24(28)30)17-7-5-16(6-8-17)12-20(14-25)27-23(29)19-4-2-3-11-26-15-19/h2-3,5-10,13,19-20,26H,4,11-12,15H2,1H3,(H,27,29). The minimum Gasteiger partial charge on any atom is -0.408 e. The Labute approximate surface area is 180 Å². The van der Waals surface area contributed by atoms with Crippen LogP contribution in [0.25, 0.3) is 22.2 Å². The number of aromatic nitrogens is 1. The van der Waals surface area contributed by atoms with E-state index in [-0.39, 0.29) is 17.6 Å². The van der Waals surface area contributed by atoms with Crippen molar-refractivity contribution < 1.29 is 9.21 Å². The maximum atomic E-state index is 12.5. The lowest BCUT2D eigenvalue weighted by Gasteiger charge is -2.17. The molecule has 0 saturated heterocycles. The summed E-state index contributed by atoms with van der Waals surface area (Å²) in [5.74, 6) is -0.644. The Balaban J connectivity index is 1.44. The number of rotatable bonds is 5. The van der Waals surface area contributed by atoms with Crippen molar-refractivity contribution in [3.05, 3.63) is 70.7 Å². The molecule has 31 heavy (non-hydrogen) atoms. The van der Waals surface area contributed by atoms with Gasteiger partial charge in [-0.3, -0.25) is 9.36 Å². The SMILES string of the molecule is Cn1c(=O)oc2ccc(-c3ccc(CC(C#N)NC(=O)C4CC=CCNC4)cc3)cc21. The molecule has 2 heterocycles. The monoisotopic (exact) mass is 416 g/mol. The number of amides is 1. The van der Waals surface area contributed by atoms with Crippen molar-refractivity contribution >= 4 is 17.0 Å². The molecule has 0 bridgehead atoms. The van der Waals surface area contributed by atoms with Crippen LogP contribution in [0.1, 0.15) is 12.0 Å². The van der Waals surface area contributed by atoms with E-state index in [1.165, 1.54) is 4.57 Å². The second-order valence-electron chi connectivity index (χ2n) is 7.76. The Morgan fingerprint density at radius 2 is 2.03 bits per heavy atom. The second kappa shape index (κ2) is 9.02. The Hall–Kier alpha value is -3.63. The second-order valence-corrected chi connectivity index (χ2v) is 7.76. The van der Waals surface area contributed by atoms with Gasteiger partial charge in [0.1, 0.15) is 6.04 Å². The number of nitrogens with zero attached hydrogens (tertiary/aromatic N) is 2. The normalized spacial score (nSPS) is 17.1. The highest BCUT2D eigenvalue weighted by molar-refractivity contribution is 5.81. The number of oxazole rings is 1. The van der Waals surface area contributed by atoms with E-state index in [2.05, 4.69) is 16.7 Å². The molecule has 3 aromatic rings. The molecule has 0 radical (unpaired) electrons. The van der Waals surface area contributed by atoms with Gasteiger partial charge >= 0.3 is 5.76 Å². The van der Waals surface area contributed by atoms with Crippen molar-refractivity contribution in [1.82, 2.24) is 15.2 Å². The summed E-state index contributed by atoms with van der Waals surface area (Å²) >= 11 is 0. The van der Waals surface area contributed by atoms with Crippen LogP contribution in [0, 0.1) is 17.2 Å². The topological polar surface area (TPSA) is 100 Å². The number of carbonyl (C=O) groups excluding carboxylic acids is 1. The van der Waals surface area contributed by atoms with E-state index in [4.69, 9.17) is 4.42 Å². The van der Waals surface area contributed by atoms with Gasteiger partial charge in [-0.2, -0.15) is 5.26 Å².